The van der Waals surface area contributed by atoms with Crippen molar-refractivity contribution in [1.29, 1.82) is 0 Å². The Morgan fingerprint density at radius 3 is 2.83 bits per heavy atom. The maximum Gasteiger partial charge on any atom is 0.197 e. The summed E-state index contributed by atoms with van der Waals surface area (Å²) in [5.41, 5.74) is 7.11. The zero-order valence-corrected chi connectivity index (χ0v) is 6.65. The smallest absolute Gasteiger partial charge is 0.197 e. The highest BCUT2D eigenvalue weighted by Gasteiger charge is 2.02. The van der Waals surface area contributed by atoms with Crippen LogP contribution in [0.3, 0.4) is 0 Å². The van der Waals surface area contributed by atoms with Gasteiger partial charge in [0.25, 0.3) is 0 Å². The van der Waals surface area contributed by atoms with E-state index in [4.69, 9.17) is 5.73 Å². The fraction of sp³-hybridized carbons (Fsp3) is 0.143. The molecule has 2 aromatic heterocycles. The zero-order chi connectivity index (χ0) is 8.55. The number of aryl methyl sites for hydroxylation is 1. The summed E-state index contributed by atoms with van der Waals surface area (Å²) in [7, 11) is 1.91. The van der Waals surface area contributed by atoms with Gasteiger partial charge in [-0.05, 0) is 0 Å². The molecule has 0 aliphatic carbocycles. The molecule has 2 rings (SSSR count). The van der Waals surface area contributed by atoms with E-state index in [1.54, 1.807) is 12.5 Å². The number of anilines is 1. The van der Waals surface area contributed by atoms with Crippen LogP contribution in [0.15, 0.2) is 18.7 Å². The number of aromatic amines is 1. The van der Waals surface area contributed by atoms with Gasteiger partial charge in [0.05, 0.1) is 18.2 Å². The molecule has 62 valence electrons. The number of nitrogens with two attached hydrogens (primary N) is 1. The molecule has 0 spiro atoms. The highest BCUT2D eigenvalue weighted by molar-refractivity contribution is 5.53. The number of hydrogen-bond donors (Lipinski definition) is 2. The SMILES string of the molecule is Cn1cnc(-c2cnc(N)[nH]2)c1. The summed E-state index contributed by atoms with van der Waals surface area (Å²) in [6.45, 7) is 0. The fourth-order valence-corrected chi connectivity index (χ4v) is 1.02. The van der Waals surface area contributed by atoms with E-state index in [0.717, 1.165) is 11.4 Å². The summed E-state index contributed by atoms with van der Waals surface area (Å²) in [5, 5.41) is 0. The topological polar surface area (TPSA) is 72.5 Å². The second-order valence-corrected chi connectivity index (χ2v) is 2.61. The van der Waals surface area contributed by atoms with Crippen molar-refractivity contribution in [2.45, 2.75) is 0 Å². The third-order valence-corrected chi connectivity index (χ3v) is 1.58. The van der Waals surface area contributed by atoms with E-state index >= 15 is 0 Å². The van der Waals surface area contributed by atoms with Crippen molar-refractivity contribution in [1.82, 2.24) is 19.5 Å². The first-order valence-corrected chi connectivity index (χ1v) is 3.54. The monoisotopic (exact) mass is 163 g/mol. The number of nitrogens with one attached hydrogen (secondary N) is 1. The third-order valence-electron chi connectivity index (χ3n) is 1.58. The molecule has 0 aliphatic heterocycles. The van der Waals surface area contributed by atoms with E-state index in [9.17, 15) is 0 Å². The minimum Gasteiger partial charge on any atom is -0.369 e. The number of hydrogen-bond acceptors (Lipinski definition) is 3. The van der Waals surface area contributed by atoms with Crippen LogP contribution in [0.5, 0.6) is 0 Å². The van der Waals surface area contributed by atoms with Gasteiger partial charge in [-0.2, -0.15) is 0 Å². The number of nitrogen functional groups attached to an aromatic ring is 1. The summed E-state index contributed by atoms with van der Waals surface area (Å²) in [6.07, 6.45) is 5.29. The predicted molar refractivity (Wildman–Crippen MR) is 45.2 cm³/mol. The standard InChI is InChI=1S/C7H9N5/c1-12-3-6(10-4-12)5-2-9-7(8)11-5/h2-4H,1H3,(H3,8,9,11). The summed E-state index contributed by atoms with van der Waals surface area (Å²) < 4.78 is 1.87. The molecule has 2 heterocycles. The molecule has 0 fully saturated rings. The Morgan fingerprint density at radius 2 is 2.33 bits per heavy atom. The van der Waals surface area contributed by atoms with Crippen LogP contribution in [-0.2, 0) is 7.05 Å². The first kappa shape index (κ1) is 6.90. The van der Waals surface area contributed by atoms with Gasteiger partial charge in [0.1, 0.15) is 5.69 Å². The Bertz CT molecular complexity index is 348. The Balaban J connectivity index is 2.43. The van der Waals surface area contributed by atoms with Crippen LogP contribution < -0.4 is 5.73 Å². The molecule has 0 unspecified atom stereocenters. The van der Waals surface area contributed by atoms with Crippen molar-refractivity contribution in [3.63, 3.8) is 0 Å². The minimum absolute atomic E-state index is 0.413. The molecule has 0 aliphatic rings. The molecule has 0 saturated carbocycles. The molecular formula is C7H9N5. The molecule has 0 radical (unpaired) electrons. The first-order valence-electron chi connectivity index (χ1n) is 3.54. The van der Waals surface area contributed by atoms with Gasteiger partial charge in [-0.3, -0.25) is 0 Å². The maximum atomic E-state index is 5.42. The zero-order valence-electron chi connectivity index (χ0n) is 6.65. The van der Waals surface area contributed by atoms with E-state index in [2.05, 4.69) is 15.0 Å². The molecule has 2 aromatic rings. The van der Waals surface area contributed by atoms with Crippen LogP contribution in [0.4, 0.5) is 5.95 Å². The Labute approximate surface area is 69.3 Å². The summed E-state index contributed by atoms with van der Waals surface area (Å²) in [5.74, 6) is 0.413. The lowest BCUT2D eigenvalue weighted by Gasteiger charge is -1.87. The van der Waals surface area contributed by atoms with E-state index in [0.29, 0.717) is 5.95 Å². The van der Waals surface area contributed by atoms with Crippen molar-refractivity contribution in [3.8, 4) is 11.4 Å². The van der Waals surface area contributed by atoms with Crippen molar-refractivity contribution >= 4 is 5.95 Å². The Morgan fingerprint density at radius 1 is 1.50 bits per heavy atom. The second kappa shape index (κ2) is 2.37. The summed E-state index contributed by atoms with van der Waals surface area (Å²) in [6, 6.07) is 0. The molecule has 0 amide bonds. The molecule has 0 bridgehead atoms. The lowest BCUT2D eigenvalue weighted by molar-refractivity contribution is 0.913. The van der Waals surface area contributed by atoms with Crippen LogP contribution in [0.25, 0.3) is 11.4 Å². The quantitative estimate of drug-likeness (QED) is 0.638. The molecule has 0 saturated heterocycles. The number of H-pyrrole nitrogens is 1. The molecule has 0 atom stereocenters. The molecule has 0 aromatic carbocycles. The number of rotatable bonds is 1. The summed E-state index contributed by atoms with van der Waals surface area (Å²) >= 11 is 0. The first-order chi connectivity index (χ1) is 5.75. The van der Waals surface area contributed by atoms with E-state index in [1.807, 2.05) is 17.8 Å². The van der Waals surface area contributed by atoms with E-state index < -0.39 is 0 Å². The van der Waals surface area contributed by atoms with Crippen LogP contribution in [0.2, 0.25) is 0 Å². The predicted octanol–water partition coefficient (Wildman–Crippen LogP) is 0.392. The average molecular weight is 163 g/mol. The van der Waals surface area contributed by atoms with Gasteiger partial charge < -0.3 is 15.3 Å². The fourth-order valence-electron chi connectivity index (χ4n) is 1.02. The van der Waals surface area contributed by atoms with Crippen LogP contribution in [0.1, 0.15) is 0 Å². The highest BCUT2D eigenvalue weighted by Crippen LogP contribution is 2.13. The molecule has 3 N–H and O–H groups in total. The summed E-state index contributed by atoms with van der Waals surface area (Å²) in [4.78, 5) is 10.9. The van der Waals surface area contributed by atoms with Gasteiger partial charge in [0.2, 0.25) is 0 Å². The molecule has 5 nitrogen and oxygen atoms in total. The van der Waals surface area contributed by atoms with Gasteiger partial charge in [-0.1, -0.05) is 0 Å². The van der Waals surface area contributed by atoms with Gasteiger partial charge in [0, 0.05) is 13.2 Å². The Hall–Kier alpha value is -1.78. The van der Waals surface area contributed by atoms with E-state index in [-0.39, 0.29) is 0 Å². The van der Waals surface area contributed by atoms with Gasteiger partial charge in [-0.25, -0.2) is 9.97 Å². The number of aromatic nitrogens is 4. The van der Waals surface area contributed by atoms with Gasteiger partial charge in [0.15, 0.2) is 5.95 Å². The Kier molecular flexibility index (Phi) is 1.36. The normalized spacial score (nSPS) is 10.4. The van der Waals surface area contributed by atoms with E-state index in [1.165, 1.54) is 0 Å². The second-order valence-electron chi connectivity index (χ2n) is 2.61. The molecule has 12 heavy (non-hydrogen) atoms. The van der Waals surface area contributed by atoms with Crippen LogP contribution in [0, 0.1) is 0 Å². The number of nitrogens with zero attached hydrogens (tertiary/aromatic N) is 3. The van der Waals surface area contributed by atoms with Crippen LogP contribution >= 0.6 is 0 Å². The maximum absolute atomic E-state index is 5.42. The highest BCUT2D eigenvalue weighted by atomic mass is 15.1. The largest absolute Gasteiger partial charge is 0.369 e. The van der Waals surface area contributed by atoms with Crippen molar-refractivity contribution < 1.29 is 0 Å². The van der Waals surface area contributed by atoms with Crippen molar-refractivity contribution in [2.75, 3.05) is 5.73 Å². The van der Waals surface area contributed by atoms with Gasteiger partial charge in [-0.15, -0.1) is 0 Å². The lowest BCUT2D eigenvalue weighted by Crippen LogP contribution is -1.85. The van der Waals surface area contributed by atoms with Crippen molar-refractivity contribution in [3.05, 3.63) is 18.7 Å². The lowest BCUT2D eigenvalue weighted by atomic mass is 10.4. The number of imidazole rings is 2. The van der Waals surface area contributed by atoms with Crippen molar-refractivity contribution in [2.24, 2.45) is 7.05 Å². The molecular weight excluding hydrogens is 154 g/mol. The average Bonchev–Trinajstić information content (AvgIpc) is 2.58. The minimum atomic E-state index is 0.413. The van der Waals surface area contributed by atoms with Gasteiger partial charge >= 0.3 is 0 Å². The van der Waals surface area contributed by atoms with Crippen LogP contribution in [-0.4, -0.2) is 19.5 Å². The third kappa shape index (κ3) is 1.05. The molecule has 5 heteroatoms.